The van der Waals surface area contributed by atoms with Crippen molar-refractivity contribution in [3.8, 4) is 0 Å². The van der Waals surface area contributed by atoms with Crippen LogP contribution < -0.4 is 0 Å². The fourth-order valence-electron chi connectivity index (χ4n) is 3.03. The van der Waals surface area contributed by atoms with Gasteiger partial charge in [-0.25, -0.2) is 0 Å². The second-order valence-electron chi connectivity index (χ2n) is 5.28. The summed E-state index contributed by atoms with van der Waals surface area (Å²) in [7, 11) is 0. The van der Waals surface area contributed by atoms with Crippen LogP contribution in [0.5, 0.6) is 0 Å². The molecule has 86 valence electrons. The highest BCUT2D eigenvalue weighted by Crippen LogP contribution is 2.37. The Morgan fingerprint density at radius 1 is 1.40 bits per heavy atom. The van der Waals surface area contributed by atoms with E-state index in [4.69, 9.17) is 5.11 Å². The molecule has 1 saturated carbocycles. The number of rotatable bonds is 2. The summed E-state index contributed by atoms with van der Waals surface area (Å²) < 4.78 is 0. The van der Waals surface area contributed by atoms with Crippen molar-refractivity contribution in [2.24, 2.45) is 17.8 Å². The molecule has 3 nitrogen and oxygen atoms in total. The number of aliphatic hydroxyl groups is 1. The van der Waals surface area contributed by atoms with Gasteiger partial charge in [0.2, 0.25) is 5.91 Å². The Hall–Kier alpha value is -0.570. The molecule has 0 aromatic carbocycles. The minimum absolute atomic E-state index is 0.152. The number of likely N-dealkylation sites (tertiary alicyclic amines) is 1. The predicted molar refractivity (Wildman–Crippen MR) is 58.3 cm³/mol. The number of hydrogen-bond donors (Lipinski definition) is 1. The summed E-state index contributed by atoms with van der Waals surface area (Å²) in [6, 6.07) is 0.434. The summed E-state index contributed by atoms with van der Waals surface area (Å²) >= 11 is 0. The van der Waals surface area contributed by atoms with Crippen LogP contribution in [0.1, 0.15) is 33.1 Å². The molecule has 2 rings (SSSR count). The van der Waals surface area contributed by atoms with Gasteiger partial charge in [0, 0.05) is 31.5 Å². The zero-order chi connectivity index (χ0) is 11.0. The van der Waals surface area contributed by atoms with Crippen molar-refractivity contribution in [3.63, 3.8) is 0 Å². The zero-order valence-corrected chi connectivity index (χ0v) is 9.65. The average molecular weight is 211 g/mol. The summed E-state index contributed by atoms with van der Waals surface area (Å²) in [5.41, 5.74) is 0. The van der Waals surface area contributed by atoms with Crippen molar-refractivity contribution < 1.29 is 9.90 Å². The van der Waals surface area contributed by atoms with Gasteiger partial charge in [-0.15, -0.1) is 0 Å². The van der Waals surface area contributed by atoms with Crippen molar-refractivity contribution in [1.29, 1.82) is 0 Å². The third-order valence-electron chi connectivity index (χ3n) is 4.32. The molecule has 1 saturated heterocycles. The van der Waals surface area contributed by atoms with Crippen LogP contribution in [0.15, 0.2) is 0 Å². The number of hydrogen-bond acceptors (Lipinski definition) is 2. The molecule has 2 fully saturated rings. The second-order valence-corrected chi connectivity index (χ2v) is 5.28. The molecule has 1 amide bonds. The van der Waals surface area contributed by atoms with E-state index in [-0.39, 0.29) is 18.4 Å². The molecule has 3 heteroatoms. The maximum Gasteiger partial charge on any atom is 0.223 e. The summed E-state index contributed by atoms with van der Waals surface area (Å²) in [4.78, 5) is 13.8. The van der Waals surface area contributed by atoms with Crippen LogP contribution in [-0.4, -0.2) is 35.1 Å². The number of aliphatic hydroxyl groups excluding tert-OH is 1. The first-order chi connectivity index (χ1) is 7.13. The molecule has 1 heterocycles. The Morgan fingerprint density at radius 2 is 2.13 bits per heavy atom. The smallest absolute Gasteiger partial charge is 0.223 e. The minimum atomic E-state index is 0.152. The first kappa shape index (κ1) is 10.9. The molecule has 4 unspecified atom stereocenters. The summed E-state index contributed by atoms with van der Waals surface area (Å²) in [6.45, 7) is 5.45. The van der Waals surface area contributed by atoms with Crippen molar-refractivity contribution in [2.45, 2.75) is 39.2 Å². The Labute approximate surface area is 91.5 Å². The van der Waals surface area contributed by atoms with Crippen molar-refractivity contribution >= 4 is 5.91 Å². The molecular weight excluding hydrogens is 190 g/mol. The highest BCUT2D eigenvalue weighted by Gasteiger charge is 2.40. The van der Waals surface area contributed by atoms with E-state index in [9.17, 15) is 4.79 Å². The van der Waals surface area contributed by atoms with E-state index in [2.05, 4.69) is 13.8 Å². The maximum atomic E-state index is 11.8. The summed E-state index contributed by atoms with van der Waals surface area (Å²) in [5, 5.41) is 9.08. The van der Waals surface area contributed by atoms with E-state index in [1.54, 1.807) is 0 Å². The van der Waals surface area contributed by atoms with Crippen LogP contribution >= 0.6 is 0 Å². The quantitative estimate of drug-likeness (QED) is 0.747. The number of nitrogens with zero attached hydrogens (tertiary/aromatic N) is 1. The standard InChI is InChI=1S/C12H21NO2/c1-8-3-4-11(9(8)2)13-6-10(7-14)5-12(13)15/h8-11,14H,3-7H2,1-2H3. The average Bonchev–Trinajstić information content (AvgIpc) is 2.73. The summed E-state index contributed by atoms with van der Waals surface area (Å²) in [6.07, 6.45) is 2.93. The fourth-order valence-corrected chi connectivity index (χ4v) is 3.03. The van der Waals surface area contributed by atoms with Gasteiger partial charge in [0.15, 0.2) is 0 Å². The largest absolute Gasteiger partial charge is 0.396 e. The van der Waals surface area contributed by atoms with Gasteiger partial charge >= 0.3 is 0 Å². The van der Waals surface area contributed by atoms with Crippen LogP contribution in [0.25, 0.3) is 0 Å². The number of carbonyl (C=O) groups is 1. The first-order valence-corrected chi connectivity index (χ1v) is 6.03. The van der Waals surface area contributed by atoms with E-state index in [0.717, 1.165) is 18.9 Å². The Morgan fingerprint density at radius 3 is 2.60 bits per heavy atom. The lowest BCUT2D eigenvalue weighted by Gasteiger charge is -2.29. The van der Waals surface area contributed by atoms with E-state index in [1.165, 1.54) is 6.42 Å². The van der Waals surface area contributed by atoms with E-state index < -0.39 is 0 Å². The molecule has 2 aliphatic rings. The van der Waals surface area contributed by atoms with Crippen LogP contribution in [0, 0.1) is 17.8 Å². The molecule has 1 aliphatic carbocycles. The SMILES string of the molecule is CC1CCC(N2CC(CO)CC2=O)C1C. The van der Waals surface area contributed by atoms with E-state index >= 15 is 0 Å². The summed E-state index contributed by atoms with van der Waals surface area (Å²) in [5.74, 6) is 1.78. The number of carbonyl (C=O) groups excluding carboxylic acids is 1. The molecule has 0 spiro atoms. The lowest BCUT2D eigenvalue weighted by atomic mass is 9.97. The normalized spacial score (nSPS) is 41.5. The van der Waals surface area contributed by atoms with Crippen molar-refractivity contribution in [1.82, 2.24) is 4.90 Å². The predicted octanol–water partition coefficient (Wildman–Crippen LogP) is 1.26. The molecule has 4 atom stereocenters. The topological polar surface area (TPSA) is 40.5 Å². The highest BCUT2D eigenvalue weighted by atomic mass is 16.3. The Bertz CT molecular complexity index is 254. The molecule has 15 heavy (non-hydrogen) atoms. The number of amides is 1. The first-order valence-electron chi connectivity index (χ1n) is 6.03. The minimum Gasteiger partial charge on any atom is -0.396 e. The van der Waals surface area contributed by atoms with Gasteiger partial charge in [0.1, 0.15) is 0 Å². The molecule has 0 aromatic rings. The van der Waals surface area contributed by atoms with Crippen LogP contribution in [-0.2, 0) is 4.79 Å². The van der Waals surface area contributed by atoms with Gasteiger partial charge in [0.25, 0.3) is 0 Å². The fraction of sp³-hybridized carbons (Fsp3) is 0.917. The lowest BCUT2D eigenvalue weighted by Crippen LogP contribution is -2.39. The van der Waals surface area contributed by atoms with Gasteiger partial charge in [-0.05, 0) is 24.7 Å². The molecule has 1 N–H and O–H groups in total. The van der Waals surface area contributed by atoms with E-state index in [0.29, 0.717) is 18.4 Å². The lowest BCUT2D eigenvalue weighted by molar-refractivity contribution is -0.130. The molecule has 0 aromatic heterocycles. The Kier molecular flexibility index (Phi) is 3.01. The van der Waals surface area contributed by atoms with Crippen LogP contribution in [0.2, 0.25) is 0 Å². The molecule has 1 aliphatic heterocycles. The monoisotopic (exact) mass is 211 g/mol. The van der Waals surface area contributed by atoms with Gasteiger partial charge < -0.3 is 10.0 Å². The molecular formula is C12H21NO2. The van der Waals surface area contributed by atoms with Gasteiger partial charge in [-0.2, -0.15) is 0 Å². The van der Waals surface area contributed by atoms with Crippen LogP contribution in [0.4, 0.5) is 0 Å². The Balaban J connectivity index is 2.02. The van der Waals surface area contributed by atoms with Crippen LogP contribution in [0.3, 0.4) is 0 Å². The van der Waals surface area contributed by atoms with Crippen molar-refractivity contribution in [3.05, 3.63) is 0 Å². The highest BCUT2D eigenvalue weighted by molar-refractivity contribution is 5.79. The van der Waals surface area contributed by atoms with Crippen molar-refractivity contribution in [2.75, 3.05) is 13.2 Å². The van der Waals surface area contributed by atoms with Gasteiger partial charge in [0.05, 0.1) is 0 Å². The van der Waals surface area contributed by atoms with E-state index in [1.807, 2.05) is 4.90 Å². The maximum absolute atomic E-state index is 11.8. The van der Waals surface area contributed by atoms with Gasteiger partial charge in [-0.1, -0.05) is 13.8 Å². The zero-order valence-electron chi connectivity index (χ0n) is 9.65. The third kappa shape index (κ3) is 1.89. The second kappa shape index (κ2) is 4.12. The van der Waals surface area contributed by atoms with Gasteiger partial charge in [-0.3, -0.25) is 4.79 Å². The molecule has 0 radical (unpaired) electrons. The third-order valence-corrected chi connectivity index (χ3v) is 4.32. The molecule has 0 bridgehead atoms.